The van der Waals surface area contributed by atoms with Crippen molar-refractivity contribution in [2.45, 2.75) is 32.0 Å². The van der Waals surface area contributed by atoms with Crippen LogP contribution in [0.2, 0.25) is 19.6 Å². The number of halogens is 8. The molecule has 2 aromatic heterocycles. The smallest absolute Gasteiger partial charge is 0.454 e. The maximum atomic E-state index is 13.5. The predicted octanol–water partition coefficient (Wildman–Crippen LogP) is 4.89. The van der Waals surface area contributed by atoms with Gasteiger partial charge in [0.25, 0.3) is 5.78 Å². The van der Waals surface area contributed by atoms with E-state index in [1.54, 1.807) is 12.3 Å². The number of nitrogens with zero attached hydrogens (tertiary/aromatic N) is 2. The quantitative estimate of drug-likeness (QED) is 0.127. The largest absolute Gasteiger partial charge is 0.504 e. The molecule has 0 saturated carbocycles. The van der Waals surface area contributed by atoms with Crippen LogP contribution in [-0.2, 0) is 24.9 Å². The zero-order chi connectivity index (χ0) is 24.2. The van der Waals surface area contributed by atoms with E-state index in [0.717, 1.165) is 6.07 Å². The molecular weight excluding hydrogens is 648 g/mol. The van der Waals surface area contributed by atoms with Crippen LogP contribution in [0.15, 0.2) is 36.2 Å². The SMILES string of the molecule is C[Si](C)(C)c1ccc(-c2[c-]cc(F)nc2F)nc1.O=C(C=C(O)C(F)(F)F)C(F)(F)F.[Ir]. The van der Waals surface area contributed by atoms with Crippen molar-refractivity contribution in [2.24, 2.45) is 0 Å². The van der Waals surface area contributed by atoms with Crippen molar-refractivity contribution < 1.29 is 65.1 Å². The number of allylic oxidation sites excluding steroid dienone is 2. The Morgan fingerprint density at radius 3 is 2.00 bits per heavy atom. The van der Waals surface area contributed by atoms with Crippen molar-refractivity contribution in [2.75, 3.05) is 0 Å². The maximum absolute atomic E-state index is 13.5. The van der Waals surface area contributed by atoms with Gasteiger partial charge in [-0.05, 0) is 10.9 Å². The van der Waals surface area contributed by atoms with E-state index in [-0.39, 0.29) is 25.7 Å². The average molecular weight is 664 g/mol. The van der Waals surface area contributed by atoms with Gasteiger partial charge in [0.15, 0.2) is 0 Å². The molecule has 4 nitrogen and oxygen atoms in total. The molecule has 2 rings (SSSR count). The summed E-state index contributed by atoms with van der Waals surface area (Å²) in [6.07, 6.45) is -9.93. The number of hydrogen-bond acceptors (Lipinski definition) is 4. The molecule has 0 fully saturated rings. The number of aliphatic hydroxyl groups excluding tert-OH is 1. The molecule has 0 amide bonds. The van der Waals surface area contributed by atoms with Gasteiger partial charge in [-0.25, -0.2) is 8.78 Å². The topological polar surface area (TPSA) is 63.1 Å². The molecule has 2 aromatic rings. The van der Waals surface area contributed by atoms with Gasteiger partial charge in [-0.2, -0.15) is 26.3 Å². The molecule has 0 aliphatic carbocycles. The number of aliphatic hydroxyl groups is 1. The van der Waals surface area contributed by atoms with E-state index in [4.69, 9.17) is 5.11 Å². The van der Waals surface area contributed by atoms with Crippen molar-refractivity contribution >= 4 is 19.0 Å². The first-order valence-electron chi connectivity index (χ1n) is 8.22. The monoisotopic (exact) mass is 664 g/mol. The van der Waals surface area contributed by atoms with Gasteiger partial charge in [0.2, 0.25) is 5.76 Å². The van der Waals surface area contributed by atoms with Gasteiger partial charge in [-0.1, -0.05) is 43.4 Å². The molecule has 0 aromatic carbocycles. The average Bonchev–Trinajstić information content (AvgIpc) is 2.60. The van der Waals surface area contributed by atoms with Gasteiger partial charge in [0.05, 0.1) is 8.07 Å². The summed E-state index contributed by atoms with van der Waals surface area (Å²) >= 11 is 0. The van der Waals surface area contributed by atoms with Gasteiger partial charge in [0.1, 0.15) is 11.9 Å². The fourth-order valence-corrected chi connectivity index (χ4v) is 2.86. The van der Waals surface area contributed by atoms with Crippen LogP contribution < -0.4 is 5.19 Å². The van der Waals surface area contributed by atoms with Crippen LogP contribution in [-0.4, -0.2) is 41.3 Å². The van der Waals surface area contributed by atoms with E-state index < -0.39 is 49.9 Å². The van der Waals surface area contributed by atoms with E-state index >= 15 is 0 Å². The number of alkyl halides is 6. The van der Waals surface area contributed by atoms with Crippen molar-refractivity contribution in [3.8, 4) is 11.3 Å². The molecule has 0 bridgehead atoms. The molecule has 0 aliphatic heterocycles. The minimum absolute atomic E-state index is 0. The van der Waals surface area contributed by atoms with Crippen LogP contribution in [0.5, 0.6) is 0 Å². The maximum Gasteiger partial charge on any atom is 0.454 e. The molecule has 1 N–H and O–H groups in total. The fraction of sp³-hybridized carbons (Fsp3) is 0.278. The summed E-state index contributed by atoms with van der Waals surface area (Å²) in [7, 11) is -1.42. The van der Waals surface area contributed by atoms with E-state index in [2.05, 4.69) is 35.7 Å². The summed E-state index contributed by atoms with van der Waals surface area (Å²) in [5.41, 5.74) is 0.514. The second kappa shape index (κ2) is 11.1. The van der Waals surface area contributed by atoms with Crippen molar-refractivity contribution in [1.82, 2.24) is 9.97 Å². The number of hydrogen-bond donors (Lipinski definition) is 1. The summed E-state index contributed by atoms with van der Waals surface area (Å²) in [5.74, 6) is -7.10. The van der Waals surface area contributed by atoms with Crippen LogP contribution in [0.4, 0.5) is 35.1 Å². The Balaban J connectivity index is 0.000000617. The molecule has 1 radical (unpaired) electrons. The van der Waals surface area contributed by atoms with Gasteiger partial charge in [0, 0.05) is 32.4 Å². The van der Waals surface area contributed by atoms with E-state index in [1.807, 2.05) is 6.07 Å². The van der Waals surface area contributed by atoms with Crippen LogP contribution in [0.3, 0.4) is 0 Å². The Morgan fingerprint density at radius 1 is 1.06 bits per heavy atom. The standard InChI is InChI=1S/C13H13F2N2Si.C5H2F6O2.Ir/c1-18(2,3)9-4-6-11(16-8-9)10-5-7-12(14)17-13(10)15;6-4(7,8)2(12)1-3(13)5(9,10)11;/h4,6-8H,1-3H3;1,12H;/q-1;;. The van der Waals surface area contributed by atoms with Crippen molar-refractivity contribution in [1.29, 1.82) is 0 Å². The molecule has 0 aliphatic rings. The number of ketones is 1. The molecule has 179 valence electrons. The summed E-state index contributed by atoms with van der Waals surface area (Å²) in [6.45, 7) is 6.61. The molecule has 32 heavy (non-hydrogen) atoms. The van der Waals surface area contributed by atoms with Crippen LogP contribution in [0.1, 0.15) is 0 Å². The Bertz CT molecular complexity index is 955. The minimum atomic E-state index is -5.42. The number of rotatable bonds is 3. The second-order valence-electron chi connectivity index (χ2n) is 6.96. The number of aromatic nitrogens is 2. The molecule has 0 unspecified atom stereocenters. The van der Waals surface area contributed by atoms with E-state index in [1.165, 1.54) is 5.19 Å². The zero-order valence-corrected chi connectivity index (χ0v) is 19.9. The Kier molecular flexibility index (Phi) is 10.3. The third-order valence-electron chi connectivity index (χ3n) is 3.47. The Labute approximate surface area is 191 Å². The van der Waals surface area contributed by atoms with Gasteiger partial charge < -0.3 is 10.1 Å². The fourth-order valence-electron chi connectivity index (χ4n) is 1.83. The summed E-state index contributed by atoms with van der Waals surface area (Å²) in [5, 5.41) is 9.12. The predicted molar refractivity (Wildman–Crippen MR) is 97.0 cm³/mol. The van der Waals surface area contributed by atoms with Crippen LogP contribution >= 0.6 is 0 Å². The first-order valence-corrected chi connectivity index (χ1v) is 11.7. The third kappa shape index (κ3) is 9.13. The summed E-state index contributed by atoms with van der Waals surface area (Å²) < 4.78 is 94.2. The molecule has 14 heteroatoms. The van der Waals surface area contributed by atoms with Gasteiger partial charge >= 0.3 is 12.4 Å². The molecular formula is C18H15F8IrN2O2Si-. The van der Waals surface area contributed by atoms with Crippen molar-refractivity contribution in [3.05, 3.63) is 54.2 Å². The molecule has 0 atom stereocenters. The van der Waals surface area contributed by atoms with Gasteiger partial charge in [-0.15, -0.1) is 6.07 Å². The number of pyridine rings is 2. The van der Waals surface area contributed by atoms with E-state index in [0.29, 0.717) is 5.69 Å². The summed E-state index contributed by atoms with van der Waals surface area (Å²) in [6, 6.07) is 7.18. The number of carbonyl (C=O) groups excluding carboxylic acids is 1. The van der Waals surface area contributed by atoms with Crippen molar-refractivity contribution in [3.63, 3.8) is 0 Å². The van der Waals surface area contributed by atoms with E-state index in [9.17, 15) is 39.9 Å². The molecule has 0 saturated heterocycles. The minimum Gasteiger partial charge on any atom is -0.504 e. The van der Waals surface area contributed by atoms with Gasteiger partial charge in [-0.3, -0.25) is 9.78 Å². The first-order chi connectivity index (χ1) is 13.9. The Hall–Kier alpha value is -2.18. The molecule has 0 spiro atoms. The second-order valence-corrected chi connectivity index (χ2v) is 12.0. The first kappa shape index (κ1) is 29.8. The Morgan fingerprint density at radius 2 is 1.62 bits per heavy atom. The normalized spacial score (nSPS) is 12.4. The van der Waals surface area contributed by atoms with Crippen LogP contribution in [0, 0.1) is 18.0 Å². The molecule has 2 heterocycles. The zero-order valence-electron chi connectivity index (χ0n) is 16.5. The summed E-state index contributed by atoms with van der Waals surface area (Å²) in [4.78, 5) is 17.2. The number of carbonyl (C=O) groups is 1. The van der Waals surface area contributed by atoms with Crippen LogP contribution in [0.25, 0.3) is 11.3 Å². The third-order valence-corrected chi connectivity index (χ3v) is 5.50.